The molecule has 0 radical (unpaired) electrons. The monoisotopic (exact) mass is 211 g/mol. The maximum absolute atomic E-state index is 11.9. The first-order chi connectivity index (χ1) is 7.27. The summed E-state index contributed by atoms with van der Waals surface area (Å²) >= 11 is 0. The Hall–Kier alpha value is -0.410. The van der Waals surface area contributed by atoms with Crippen LogP contribution in [0.5, 0.6) is 0 Å². The highest BCUT2D eigenvalue weighted by Crippen LogP contribution is 2.21. The van der Waals surface area contributed by atoms with Crippen molar-refractivity contribution < 1.29 is 9.53 Å². The third kappa shape index (κ3) is 2.79. The van der Waals surface area contributed by atoms with Crippen LogP contribution in [0.2, 0.25) is 0 Å². The topological polar surface area (TPSA) is 29.5 Å². The van der Waals surface area contributed by atoms with E-state index >= 15 is 0 Å². The summed E-state index contributed by atoms with van der Waals surface area (Å²) in [5.41, 5.74) is 0. The highest BCUT2D eigenvalue weighted by atomic mass is 16.5. The number of carbonyl (C=O) groups excluding carboxylic acids is 1. The standard InChI is InChI=1S/C12H21NO2/c1-10-9-13(7-8-15-10)11-5-3-2-4-6-12(11)14/h10-11H,2-9H2,1H3. The summed E-state index contributed by atoms with van der Waals surface area (Å²) in [7, 11) is 0. The van der Waals surface area contributed by atoms with E-state index in [0.29, 0.717) is 5.78 Å². The predicted octanol–water partition coefficient (Wildman–Crippen LogP) is 1.61. The van der Waals surface area contributed by atoms with Crippen LogP contribution in [0.25, 0.3) is 0 Å². The van der Waals surface area contributed by atoms with E-state index in [1.807, 2.05) is 0 Å². The van der Waals surface area contributed by atoms with Crippen LogP contribution in [0.3, 0.4) is 0 Å². The number of ether oxygens (including phenoxy) is 1. The predicted molar refractivity (Wildman–Crippen MR) is 58.9 cm³/mol. The van der Waals surface area contributed by atoms with Crippen LogP contribution >= 0.6 is 0 Å². The van der Waals surface area contributed by atoms with Gasteiger partial charge in [0.1, 0.15) is 5.78 Å². The molecule has 1 saturated heterocycles. The second kappa shape index (κ2) is 5.08. The molecule has 2 atom stereocenters. The third-order valence-corrected chi connectivity index (χ3v) is 3.49. The Morgan fingerprint density at radius 2 is 2.20 bits per heavy atom. The van der Waals surface area contributed by atoms with E-state index < -0.39 is 0 Å². The molecule has 0 spiro atoms. The number of hydrogen-bond donors (Lipinski definition) is 0. The van der Waals surface area contributed by atoms with Gasteiger partial charge in [-0.3, -0.25) is 9.69 Å². The molecule has 3 nitrogen and oxygen atoms in total. The summed E-state index contributed by atoms with van der Waals surface area (Å²) in [6, 6.07) is 0.193. The Morgan fingerprint density at radius 1 is 1.33 bits per heavy atom. The lowest BCUT2D eigenvalue weighted by Gasteiger charge is -2.36. The molecule has 1 aliphatic carbocycles. The van der Waals surface area contributed by atoms with Crippen molar-refractivity contribution in [3.63, 3.8) is 0 Å². The van der Waals surface area contributed by atoms with E-state index in [4.69, 9.17) is 4.74 Å². The summed E-state index contributed by atoms with van der Waals surface area (Å²) in [5, 5.41) is 0. The van der Waals surface area contributed by atoms with Gasteiger partial charge >= 0.3 is 0 Å². The lowest BCUT2D eigenvalue weighted by atomic mass is 10.0. The van der Waals surface area contributed by atoms with Crippen molar-refractivity contribution in [2.24, 2.45) is 0 Å². The molecule has 2 rings (SSSR count). The van der Waals surface area contributed by atoms with Crippen molar-refractivity contribution in [1.82, 2.24) is 4.90 Å². The van der Waals surface area contributed by atoms with Gasteiger partial charge in [-0.25, -0.2) is 0 Å². The van der Waals surface area contributed by atoms with Crippen molar-refractivity contribution in [3.8, 4) is 0 Å². The molecule has 2 aliphatic rings. The fourth-order valence-corrected chi connectivity index (χ4v) is 2.66. The van der Waals surface area contributed by atoms with Gasteiger partial charge in [0.15, 0.2) is 0 Å². The van der Waals surface area contributed by atoms with E-state index in [-0.39, 0.29) is 12.1 Å². The quantitative estimate of drug-likeness (QED) is 0.617. The number of carbonyl (C=O) groups is 1. The summed E-state index contributed by atoms with van der Waals surface area (Å²) in [6.07, 6.45) is 5.66. The lowest BCUT2D eigenvalue weighted by Crippen LogP contribution is -2.49. The molecular formula is C12H21NO2. The van der Waals surface area contributed by atoms with Crippen molar-refractivity contribution in [1.29, 1.82) is 0 Å². The zero-order chi connectivity index (χ0) is 10.7. The minimum atomic E-state index is 0.193. The second-order valence-corrected chi connectivity index (χ2v) is 4.76. The van der Waals surface area contributed by atoms with Gasteiger partial charge in [0.25, 0.3) is 0 Å². The maximum Gasteiger partial charge on any atom is 0.149 e. The van der Waals surface area contributed by atoms with Crippen LogP contribution in [0, 0.1) is 0 Å². The van der Waals surface area contributed by atoms with Crippen molar-refractivity contribution >= 4 is 5.78 Å². The van der Waals surface area contributed by atoms with Crippen molar-refractivity contribution in [2.75, 3.05) is 19.7 Å². The average Bonchev–Trinajstić information content (AvgIpc) is 2.43. The third-order valence-electron chi connectivity index (χ3n) is 3.49. The Morgan fingerprint density at radius 3 is 3.00 bits per heavy atom. The smallest absolute Gasteiger partial charge is 0.149 e. The minimum absolute atomic E-state index is 0.193. The van der Waals surface area contributed by atoms with E-state index in [9.17, 15) is 4.79 Å². The molecule has 0 bridgehead atoms. The van der Waals surface area contributed by atoms with Gasteiger partial charge in [-0.2, -0.15) is 0 Å². The molecule has 86 valence electrons. The summed E-state index contributed by atoms with van der Waals surface area (Å²) in [5.74, 6) is 0.460. The number of hydrogen-bond acceptors (Lipinski definition) is 3. The number of ketones is 1. The number of Topliss-reactive ketones (excluding diaryl/α,β-unsaturated/α-hetero) is 1. The van der Waals surface area contributed by atoms with Gasteiger partial charge in [0, 0.05) is 19.5 Å². The number of nitrogens with zero attached hydrogens (tertiary/aromatic N) is 1. The minimum Gasteiger partial charge on any atom is -0.376 e. The summed E-state index contributed by atoms with van der Waals surface area (Å²) in [6.45, 7) is 4.73. The van der Waals surface area contributed by atoms with Gasteiger partial charge in [0.05, 0.1) is 18.8 Å². The van der Waals surface area contributed by atoms with Crippen molar-refractivity contribution in [3.05, 3.63) is 0 Å². The number of rotatable bonds is 1. The van der Waals surface area contributed by atoms with E-state index in [1.54, 1.807) is 0 Å². The second-order valence-electron chi connectivity index (χ2n) is 4.76. The Kier molecular flexibility index (Phi) is 3.76. The first-order valence-corrected chi connectivity index (χ1v) is 6.16. The Labute approximate surface area is 91.8 Å². The molecule has 1 heterocycles. The molecule has 1 saturated carbocycles. The Balaban J connectivity index is 1.97. The molecule has 2 fully saturated rings. The van der Waals surface area contributed by atoms with Crippen LogP contribution < -0.4 is 0 Å². The van der Waals surface area contributed by atoms with Gasteiger partial charge in [-0.05, 0) is 19.8 Å². The van der Waals surface area contributed by atoms with E-state index in [0.717, 1.165) is 39.0 Å². The summed E-state index contributed by atoms with van der Waals surface area (Å²) < 4.78 is 5.51. The lowest BCUT2D eigenvalue weighted by molar-refractivity contribution is -0.127. The molecule has 0 aromatic rings. The van der Waals surface area contributed by atoms with E-state index in [1.165, 1.54) is 12.8 Å². The largest absolute Gasteiger partial charge is 0.376 e. The van der Waals surface area contributed by atoms with Crippen LogP contribution in [-0.2, 0) is 9.53 Å². The van der Waals surface area contributed by atoms with Gasteiger partial charge < -0.3 is 4.74 Å². The molecule has 2 unspecified atom stereocenters. The zero-order valence-electron chi connectivity index (χ0n) is 9.58. The molecule has 1 aliphatic heterocycles. The normalized spacial score (nSPS) is 35.1. The van der Waals surface area contributed by atoms with E-state index in [2.05, 4.69) is 11.8 Å². The summed E-state index contributed by atoms with van der Waals surface area (Å²) in [4.78, 5) is 14.3. The van der Waals surface area contributed by atoms with Crippen molar-refractivity contribution in [2.45, 2.75) is 51.2 Å². The SMILES string of the molecule is CC1CN(C2CCCCCC2=O)CCO1. The van der Waals surface area contributed by atoms with Crippen LogP contribution in [-0.4, -0.2) is 42.5 Å². The first-order valence-electron chi connectivity index (χ1n) is 6.16. The van der Waals surface area contributed by atoms with Crippen LogP contribution in [0.4, 0.5) is 0 Å². The van der Waals surface area contributed by atoms with Gasteiger partial charge in [-0.15, -0.1) is 0 Å². The highest BCUT2D eigenvalue weighted by molar-refractivity contribution is 5.84. The average molecular weight is 211 g/mol. The molecule has 0 N–H and O–H groups in total. The molecule has 0 aromatic heterocycles. The fraction of sp³-hybridized carbons (Fsp3) is 0.917. The molecule has 3 heteroatoms. The molecule has 15 heavy (non-hydrogen) atoms. The highest BCUT2D eigenvalue weighted by Gasteiger charge is 2.29. The van der Waals surface area contributed by atoms with Gasteiger partial charge in [0.2, 0.25) is 0 Å². The molecule has 0 aromatic carbocycles. The van der Waals surface area contributed by atoms with Gasteiger partial charge in [-0.1, -0.05) is 12.8 Å². The Bertz CT molecular complexity index is 230. The fourth-order valence-electron chi connectivity index (χ4n) is 2.66. The first kappa shape index (κ1) is 11.1. The molecule has 0 amide bonds. The molecular weight excluding hydrogens is 190 g/mol. The zero-order valence-corrected chi connectivity index (χ0v) is 9.58. The maximum atomic E-state index is 11.9. The number of morpholine rings is 1. The van der Waals surface area contributed by atoms with Crippen LogP contribution in [0.15, 0.2) is 0 Å². The van der Waals surface area contributed by atoms with Crippen LogP contribution in [0.1, 0.15) is 39.0 Å².